The van der Waals surface area contributed by atoms with Crippen LogP contribution in [0.5, 0.6) is 0 Å². The summed E-state index contributed by atoms with van der Waals surface area (Å²) in [6.45, 7) is 0.959. The second-order valence-electron chi connectivity index (χ2n) is 5.39. The molecule has 0 aromatic heterocycles. The molecule has 0 bridgehead atoms. The Bertz CT molecular complexity index is 674. The van der Waals surface area contributed by atoms with Gasteiger partial charge in [-0.25, -0.2) is 0 Å². The number of fused-ring (bicyclic) bond motifs is 1. The first kappa shape index (κ1) is 14.3. The first-order valence-corrected chi connectivity index (χ1v) is 7.37. The Kier molecular flexibility index (Phi) is 4.10. The first-order valence-electron chi connectivity index (χ1n) is 6.99. The van der Waals surface area contributed by atoms with Crippen LogP contribution in [0.4, 0.5) is 0 Å². The van der Waals surface area contributed by atoms with Crippen molar-refractivity contribution >= 4 is 28.3 Å². The molecular formula is C16H17ClN2O2. The number of halogens is 1. The van der Waals surface area contributed by atoms with Crippen molar-refractivity contribution in [1.29, 1.82) is 0 Å². The van der Waals surface area contributed by atoms with Gasteiger partial charge in [-0.1, -0.05) is 29.8 Å². The summed E-state index contributed by atoms with van der Waals surface area (Å²) in [6, 6.07) is 11.5. The third-order valence-corrected chi connectivity index (χ3v) is 3.99. The number of aliphatic hydroxyl groups is 1. The highest BCUT2D eigenvalue weighted by Gasteiger charge is 2.27. The first-order chi connectivity index (χ1) is 10.1. The third kappa shape index (κ3) is 3.35. The van der Waals surface area contributed by atoms with Gasteiger partial charge in [-0.3, -0.25) is 4.79 Å². The topological polar surface area (TPSA) is 61.4 Å². The number of carbonyl (C=O) groups is 1. The van der Waals surface area contributed by atoms with Gasteiger partial charge in [-0.15, -0.1) is 0 Å². The molecule has 0 spiro atoms. The molecule has 5 heteroatoms. The minimum absolute atomic E-state index is 0.0669. The number of hydrogen-bond acceptors (Lipinski definition) is 3. The highest BCUT2D eigenvalue weighted by atomic mass is 35.5. The molecule has 3 N–H and O–H groups in total. The lowest BCUT2D eigenvalue weighted by atomic mass is 10.1. The molecule has 2 atom stereocenters. The molecule has 3 rings (SSSR count). The molecule has 0 radical (unpaired) electrons. The van der Waals surface area contributed by atoms with E-state index in [0.29, 0.717) is 19.5 Å². The SMILES string of the molecule is O=C(NCc1ccc2cc(Cl)ccc2c1)[C@@H]1C[C@@H](O)CN1. The zero-order valence-corrected chi connectivity index (χ0v) is 12.2. The van der Waals surface area contributed by atoms with E-state index in [1.807, 2.05) is 36.4 Å². The van der Waals surface area contributed by atoms with Gasteiger partial charge in [0.2, 0.25) is 5.91 Å². The number of aliphatic hydroxyl groups excluding tert-OH is 1. The fourth-order valence-electron chi connectivity index (χ4n) is 2.61. The van der Waals surface area contributed by atoms with Crippen LogP contribution in [0.25, 0.3) is 10.8 Å². The molecular weight excluding hydrogens is 288 g/mol. The number of β-amino-alcohol motifs (C(OH)–C–C–N with tert-alkyl or cyclic N) is 1. The van der Waals surface area contributed by atoms with Crippen molar-refractivity contribution in [2.24, 2.45) is 0 Å². The molecule has 110 valence electrons. The molecule has 2 aromatic carbocycles. The van der Waals surface area contributed by atoms with Crippen molar-refractivity contribution in [3.63, 3.8) is 0 Å². The molecule has 1 amide bonds. The summed E-state index contributed by atoms with van der Waals surface area (Å²) in [5.41, 5.74) is 1.04. The summed E-state index contributed by atoms with van der Waals surface area (Å²) in [5, 5.41) is 18.2. The summed E-state index contributed by atoms with van der Waals surface area (Å²) in [7, 11) is 0. The summed E-state index contributed by atoms with van der Waals surface area (Å²) in [4.78, 5) is 12.0. The summed E-state index contributed by atoms with van der Waals surface area (Å²) in [6.07, 6.45) is 0.0494. The second kappa shape index (κ2) is 6.02. The van der Waals surface area contributed by atoms with E-state index in [-0.39, 0.29) is 11.9 Å². The Morgan fingerprint density at radius 1 is 1.29 bits per heavy atom. The van der Waals surface area contributed by atoms with E-state index in [2.05, 4.69) is 10.6 Å². The van der Waals surface area contributed by atoms with Crippen molar-refractivity contribution in [2.45, 2.75) is 25.1 Å². The number of benzene rings is 2. The normalized spacial score (nSPS) is 21.6. The van der Waals surface area contributed by atoms with E-state index in [1.54, 1.807) is 0 Å². The van der Waals surface area contributed by atoms with Crippen LogP contribution in [0.3, 0.4) is 0 Å². The van der Waals surface area contributed by atoms with Crippen LogP contribution in [0, 0.1) is 0 Å². The van der Waals surface area contributed by atoms with Gasteiger partial charge in [0.05, 0.1) is 12.1 Å². The van der Waals surface area contributed by atoms with Crippen molar-refractivity contribution in [3.8, 4) is 0 Å². The number of rotatable bonds is 3. The lowest BCUT2D eigenvalue weighted by molar-refractivity contribution is -0.123. The fraction of sp³-hybridized carbons (Fsp3) is 0.312. The van der Waals surface area contributed by atoms with Crippen LogP contribution in [-0.4, -0.2) is 29.7 Å². The number of amides is 1. The Morgan fingerprint density at radius 2 is 2.05 bits per heavy atom. The van der Waals surface area contributed by atoms with Gasteiger partial charge in [0.25, 0.3) is 0 Å². The molecule has 0 saturated carbocycles. The van der Waals surface area contributed by atoms with Gasteiger partial charge in [-0.05, 0) is 41.0 Å². The van der Waals surface area contributed by atoms with E-state index >= 15 is 0 Å². The van der Waals surface area contributed by atoms with E-state index in [1.165, 1.54) is 0 Å². The van der Waals surface area contributed by atoms with Gasteiger partial charge >= 0.3 is 0 Å². The van der Waals surface area contributed by atoms with Crippen LogP contribution >= 0.6 is 11.6 Å². The van der Waals surface area contributed by atoms with Crippen LogP contribution in [0.2, 0.25) is 5.02 Å². The van der Waals surface area contributed by atoms with E-state index in [9.17, 15) is 9.90 Å². The Labute approximate surface area is 128 Å². The molecule has 2 aromatic rings. The molecule has 0 unspecified atom stereocenters. The minimum atomic E-state index is -0.425. The van der Waals surface area contributed by atoms with E-state index in [4.69, 9.17) is 11.6 Å². The van der Waals surface area contributed by atoms with Crippen LogP contribution < -0.4 is 10.6 Å². The minimum Gasteiger partial charge on any atom is -0.392 e. The Balaban J connectivity index is 1.65. The van der Waals surface area contributed by atoms with Gasteiger partial charge in [0.15, 0.2) is 0 Å². The molecule has 21 heavy (non-hydrogen) atoms. The maximum absolute atomic E-state index is 12.0. The fourth-order valence-corrected chi connectivity index (χ4v) is 2.79. The third-order valence-electron chi connectivity index (χ3n) is 3.76. The van der Waals surface area contributed by atoms with Gasteiger partial charge < -0.3 is 15.7 Å². The van der Waals surface area contributed by atoms with Gasteiger partial charge in [0, 0.05) is 18.1 Å². The molecule has 1 aliphatic rings. The van der Waals surface area contributed by atoms with Gasteiger partial charge in [0.1, 0.15) is 0 Å². The van der Waals surface area contributed by atoms with Crippen molar-refractivity contribution in [3.05, 3.63) is 47.0 Å². The number of hydrogen-bond donors (Lipinski definition) is 3. The average Bonchev–Trinajstić information content (AvgIpc) is 2.91. The lowest BCUT2D eigenvalue weighted by Crippen LogP contribution is -2.39. The molecule has 1 heterocycles. The van der Waals surface area contributed by atoms with Crippen LogP contribution in [0.1, 0.15) is 12.0 Å². The zero-order chi connectivity index (χ0) is 14.8. The van der Waals surface area contributed by atoms with Crippen molar-refractivity contribution in [2.75, 3.05) is 6.54 Å². The van der Waals surface area contributed by atoms with Crippen molar-refractivity contribution in [1.82, 2.24) is 10.6 Å². The zero-order valence-electron chi connectivity index (χ0n) is 11.5. The Hall–Kier alpha value is -1.62. The summed E-state index contributed by atoms with van der Waals surface area (Å²) in [5.74, 6) is -0.0669. The monoisotopic (exact) mass is 304 g/mol. The van der Waals surface area contributed by atoms with E-state index in [0.717, 1.165) is 21.4 Å². The van der Waals surface area contributed by atoms with Crippen LogP contribution in [-0.2, 0) is 11.3 Å². The van der Waals surface area contributed by atoms with Gasteiger partial charge in [-0.2, -0.15) is 0 Å². The maximum Gasteiger partial charge on any atom is 0.237 e. The van der Waals surface area contributed by atoms with Crippen molar-refractivity contribution < 1.29 is 9.90 Å². The highest BCUT2D eigenvalue weighted by molar-refractivity contribution is 6.31. The molecule has 1 aliphatic heterocycles. The second-order valence-corrected chi connectivity index (χ2v) is 5.83. The standard InChI is InChI=1S/C16H17ClN2O2/c17-13-4-3-11-5-10(1-2-12(11)6-13)8-19-16(21)15-7-14(20)9-18-15/h1-6,14-15,18,20H,7-9H2,(H,19,21)/t14-,15+/m1/s1. The largest absolute Gasteiger partial charge is 0.392 e. The molecule has 4 nitrogen and oxygen atoms in total. The average molecular weight is 305 g/mol. The highest BCUT2D eigenvalue weighted by Crippen LogP contribution is 2.20. The quantitative estimate of drug-likeness (QED) is 0.811. The summed E-state index contributed by atoms with van der Waals surface area (Å²) < 4.78 is 0. The molecule has 1 fully saturated rings. The summed E-state index contributed by atoms with van der Waals surface area (Å²) >= 11 is 5.96. The van der Waals surface area contributed by atoms with Crippen LogP contribution in [0.15, 0.2) is 36.4 Å². The molecule has 1 saturated heterocycles. The number of carbonyl (C=O) groups excluding carboxylic acids is 1. The maximum atomic E-state index is 12.0. The Morgan fingerprint density at radius 3 is 2.81 bits per heavy atom. The van der Waals surface area contributed by atoms with E-state index < -0.39 is 6.10 Å². The lowest BCUT2D eigenvalue weighted by Gasteiger charge is -2.11. The number of nitrogens with one attached hydrogen (secondary N) is 2. The molecule has 0 aliphatic carbocycles. The smallest absolute Gasteiger partial charge is 0.237 e. The predicted octanol–water partition coefficient (Wildman–Crippen LogP) is 1.83. The predicted molar refractivity (Wildman–Crippen MR) is 83.2 cm³/mol.